The number of carbonyl (C=O) groups excluding carboxylic acids is 1. The van der Waals surface area contributed by atoms with Crippen molar-refractivity contribution in [3.8, 4) is 0 Å². The summed E-state index contributed by atoms with van der Waals surface area (Å²) in [5.41, 5.74) is 8.45. The van der Waals surface area contributed by atoms with E-state index < -0.39 is 0 Å². The number of carbonyl (C=O) groups is 1. The van der Waals surface area contributed by atoms with Gasteiger partial charge in [-0.15, -0.1) is 36.2 Å². The molecule has 0 saturated carbocycles. The summed E-state index contributed by atoms with van der Waals surface area (Å²) >= 11 is 1.84. The molecule has 0 spiro atoms. The number of rotatable bonds is 4. The van der Waals surface area contributed by atoms with Crippen LogP contribution in [-0.4, -0.2) is 29.9 Å². The van der Waals surface area contributed by atoms with Gasteiger partial charge in [-0.1, -0.05) is 0 Å². The molecule has 1 aliphatic rings. The van der Waals surface area contributed by atoms with Crippen LogP contribution in [0.5, 0.6) is 0 Å². The lowest BCUT2D eigenvalue weighted by Gasteiger charge is -2.38. The number of nitrogens with one attached hydrogen (secondary N) is 1. The normalized spacial score (nSPS) is 19.3. The first kappa shape index (κ1) is 21.8. The van der Waals surface area contributed by atoms with Gasteiger partial charge in [-0.2, -0.15) is 0 Å². The van der Waals surface area contributed by atoms with Crippen molar-refractivity contribution in [3.05, 3.63) is 51.7 Å². The average Bonchev–Trinajstić information content (AvgIpc) is 2.99. The maximum absolute atomic E-state index is 12.1. The van der Waals surface area contributed by atoms with Crippen LogP contribution < -0.4 is 11.1 Å². The molecule has 0 saturated heterocycles. The lowest BCUT2D eigenvalue weighted by Crippen LogP contribution is -2.44. The number of benzene rings is 1. The number of thiophene rings is 1. The van der Waals surface area contributed by atoms with Crippen LogP contribution in [0.15, 0.2) is 35.7 Å². The fourth-order valence-corrected chi connectivity index (χ4v) is 4.31. The van der Waals surface area contributed by atoms with Gasteiger partial charge >= 0.3 is 0 Å². The number of anilines is 1. The van der Waals surface area contributed by atoms with Crippen LogP contribution in [0.1, 0.15) is 40.7 Å². The molecule has 2 heterocycles. The molecule has 25 heavy (non-hydrogen) atoms. The fraction of sp³-hybridized carbons (Fsp3) is 0.389. The first-order valence-corrected chi connectivity index (χ1v) is 8.90. The third kappa shape index (κ3) is 4.88. The van der Waals surface area contributed by atoms with Crippen LogP contribution in [0.3, 0.4) is 0 Å². The second kappa shape index (κ2) is 9.43. The topological polar surface area (TPSA) is 58.4 Å². The Kier molecular flexibility index (Phi) is 8.22. The van der Waals surface area contributed by atoms with Gasteiger partial charge in [0.05, 0.1) is 0 Å². The molecule has 1 aliphatic heterocycles. The highest BCUT2D eigenvalue weighted by Crippen LogP contribution is 2.35. The molecule has 0 fully saturated rings. The van der Waals surface area contributed by atoms with E-state index in [1.165, 1.54) is 10.4 Å². The van der Waals surface area contributed by atoms with E-state index in [1.807, 2.05) is 11.3 Å². The van der Waals surface area contributed by atoms with E-state index in [1.54, 1.807) is 24.3 Å². The highest BCUT2D eigenvalue weighted by atomic mass is 35.5. The summed E-state index contributed by atoms with van der Waals surface area (Å²) in [5, 5.41) is 5.19. The lowest BCUT2D eigenvalue weighted by molar-refractivity contribution is 0.0930. The number of nitrogen functional groups attached to an aromatic ring is 1. The van der Waals surface area contributed by atoms with E-state index in [2.05, 4.69) is 35.5 Å². The van der Waals surface area contributed by atoms with Crippen LogP contribution in [0, 0.1) is 0 Å². The van der Waals surface area contributed by atoms with Gasteiger partial charge in [-0.25, -0.2) is 0 Å². The summed E-state index contributed by atoms with van der Waals surface area (Å²) in [4.78, 5) is 16.1. The van der Waals surface area contributed by atoms with Gasteiger partial charge in [-0.3, -0.25) is 9.69 Å². The fourth-order valence-electron chi connectivity index (χ4n) is 3.30. The molecule has 1 aromatic carbocycles. The number of hydrogen-bond donors (Lipinski definition) is 2. The quantitative estimate of drug-likeness (QED) is 0.763. The van der Waals surface area contributed by atoms with Gasteiger partial charge in [-0.05, 0) is 61.5 Å². The molecule has 0 aliphatic carbocycles. The molecule has 2 atom stereocenters. The first-order chi connectivity index (χ1) is 11.1. The van der Waals surface area contributed by atoms with Crippen molar-refractivity contribution in [1.29, 1.82) is 0 Å². The van der Waals surface area contributed by atoms with E-state index in [0.717, 1.165) is 13.0 Å². The second-order valence-corrected chi connectivity index (χ2v) is 7.10. The highest BCUT2D eigenvalue weighted by Gasteiger charge is 2.29. The molecule has 3 rings (SSSR count). The maximum atomic E-state index is 12.1. The number of nitrogens with zero attached hydrogens (tertiary/aromatic N) is 1. The molecular weight excluding hydrogens is 377 g/mol. The van der Waals surface area contributed by atoms with Crippen molar-refractivity contribution >= 4 is 47.7 Å². The summed E-state index contributed by atoms with van der Waals surface area (Å²) in [6, 6.07) is 10.2. The van der Waals surface area contributed by atoms with Gasteiger partial charge in [0.1, 0.15) is 0 Å². The van der Waals surface area contributed by atoms with Crippen molar-refractivity contribution in [2.24, 2.45) is 0 Å². The molecule has 1 aromatic heterocycles. The van der Waals surface area contributed by atoms with Crippen molar-refractivity contribution in [3.63, 3.8) is 0 Å². The smallest absolute Gasteiger partial charge is 0.251 e. The van der Waals surface area contributed by atoms with Gasteiger partial charge in [0, 0.05) is 41.3 Å². The zero-order valence-electron chi connectivity index (χ0n) is 14.4. The summed E-state index contributed by atoms with van der Waals surface area (Å²) in [6.45, 7) is 6.03. The largest absolute Gasteiger partial charge is 0.399 e. The summed E-state index contributed by atoms with van der Waals surface area (Å²) in [6.07, 6.45) is 1.09. The molecule has 4 nitrogen and oxygen atoms in total. The average molecular weight is 402 g/mol. The van der Waals surface area contributed by atoms with E-state index >= 15 is 0 Å². The molecular formula is C18H25Cl2N3OS. The Morgan fingerprint density at radius 1 is 1.24 bits per heavy atom. The highest BCUT2D eigenvalue weighted by molar-refractivity contribution is 7.10. The number of hydrogen-bond acceptors (Lipinski definition) is 4. The van der Waals surface area contributed by atoms with Gasteiger partial charge < -0.3 is 11.1 Å². The molecule has 1 amide bonds. The van der Waals surface area contributed by atoms with E-state index in [-0.39, 0.29) is 30.7 Å². The predicted octanol–water partition coefficient (Wildman–Crippen LogP) is 3.91. The van der Waals surface area contributed by atoms with Crippen LogP contribution in [0.25, 0.3) is 0 Å². The zero-order valence-corrected chi connectivity index (χ0v) is 16.8. The summed E-state index contributed by atoms with van der Waals surface area (Å²) < 4.78 is 0. The standard InChI is InChI=1S/C18H23N3OS.2ClH/c1-12-11-15-7-10-23-17(15)13(2)21(12)9-8-20-18(22)14-3-5-16(19)6-4-14;;/h3-7,10,12-13H,8-9,11,19H2,1-2H3,(H,20,22);2*1H. The Morgan fingerprint density at radius 3 is 2.60 bits per heavy atom. The third-order valence-corrected chi connectivity index (χ3v) is 5.70. The number of fused-ring (bicyclic) bond motifs is 1. The Labute approximate surface area is 165 Å². The predicted molar refractivity (Wildman–Crippen MR) is 110 cm³/mol. The second-order valence-electron chi connectivity index (χ2n) is 6.15. The van der Waals surface area contributed by atoms with E-state index in [4.69, 9.17) is 5.73 Å². The van der Waals surface area contributed by atoms with Crippen LogP contribution in [-0.2, 0) is 6.42 Å². The van der Waals surface area contributed by atoms with Crippen molar-refractivity contribution < 1.29 is 4.79 Å². The minimum atomic E-state index is -0.0425. The molecule has 7 heteroatoms. The van der Waals surface area contributed by atoms with Crippen LogP contribution in [0.4, 0.5) is 5.69 Å². The van der Waals surface area contributed by atoms with Crippen LogP contribution in [0.2, 0.25) is 0 Å². The zero-order chi connectivity index (χ0) is 16.4. The first-order valence-electron chi connectivity index (χ1n) is 8.02. The number of halogens is 2. The number of nitrogens with two attached hydrogens (primary N) is 1. The maximum Gasteiger partial charge on any atom is 0.251 e. The molecule has 0 radical (unpaired) electrons. The van der Waals surface area contributed by atoms with Crippen LogP contribution >= 0.6 is 36.2 Å². The molecule has 3 N–H and O–H groups in total. The minimum Gasteiger partial charge on any atom is -0.399 e. The molecule has 2 aromatic rings. The van der Waals surface area contributed by atoms with Gasteiger partial charge in [0.25, 0.3) is 5.91 Å². The molecule has 0 bridgehead atoms. The Morgan fingerprint density at radius 2 is 1.92 bits per heavy atom. The Hall–Kier alpha value is -1.27. The lowest BCUT2D eigenvalue weighted by atomic mass is 9.97. The van der Waals surface area contributed by atoms with Gasteiger partial charge in [0.2, 0.25) is 0 Å². The SMILES string of the molecule is CC1Cc2ccsc2C(C)N1CCNC(=O)c1ccc(N)cc1.Cl.Cl. The molecule has 2 unspecified atom stereocenters. The van der Waals surface area contributed by atoms with Gasteiger partial charge in [0.15, 0.2) is 0 Å². The monoisotopic (exact) mass is 401 g/mol. The Bertz CT molecular complexity index is 690. The van der Waals surface area contributed by atoms with Crippen molar-refractivity contribution in [1.82, 2.24) is 10.2 Å². The number of amides is 1. The van der Waals surface area contributed by atoms with E-state index in [0.29, 0.717) is 29.9 Å². The van der Waals surface area contributed by atoms with E-state index in [9.17, 15) is 4.79 Å². The van der Waals surface area contributed by atoms with Crippen molar-refractivity contribution in [2.75, 3.05) is 18.8 Å². The molecule has 138 valence electrons. The van der Waals surface area contributed by atoms with Crippen molar-refractivity contribution in [2.45, 2.75) is 32.4 Å². The summed E-state index contributed by atoms with van der Waals surface area (Å²) in [7, 11) is 0. The Balaban J connectivity index is 0.00000156. The summed E-state index contributed by atoms with van der Waals surface area (Å²) in [5.74, 6) is -0.0425. The minimum absolute atomic E-state index is 0. The third-order valence-electron chi connectivity index (χ3n) is 4.57.